The number of hydrogen-bond acceptors (Lipinski definition) is 6. The van der Waals surface area contributed by atoms with Gasteiger partial charge in [0.25, 0.3) is 5.91 Å². The van der Waals surface area contributed by atoms with Crippen LogP contribution >= 0.6 is 22.9 Å². The Hall–Kier alpha value is -2.71. The third kappa shape index (κ3) is 5.06. The fourth-order valence-corrected chi connectivity index (χ4v) is 6.94. The minimum absolute atomic E-state index is 0.00945. The lowest BCUT2D eigenvalue weighted by atomic mass is 9.96. The van der Waals surface area contributed by atoms with Crippen molar-refractivity contribution in [3.63, 3.8) is 0 Å². The maximum atomic E-state index is 13.7. The molecule has 1 N–H and O–H groups in total. The van der Waals surface area contributed by atoms with Crippen molar-refractivity contribution in [1.82, 2.24) is 10.2 Å². The van der Waals surface area contributed by atoms with Crippen LogP contribution in [0, 0.1) is 11.8 Å². The Morgan fingerprint density at radius 1 is 1.06 bits per heavy atom. The molecule has 2 heterocycles. The second kappa shape index (κ2) is 10.7. The second-order valence-electron chi connectivity index (χ2n) is 9.84. The van der Waals surface area contributed by atoms with Crippen molar-refractivity contribution >= 4 is 46.5 Å². The molecule has 0 spiro atoms. The molecule has 190 valence electrons. The summed E-state index contributed by atoms with van der Waals surface area (Å²) in [5, 5.41) is 2.70. The van der Waals surface area contributed by atoms with E-state index >= 15 is 0 Å². The molecule has 2 aliphatic carbocycles. The first-order valence-corrected chi connectivity index (χ1v) is 13.8. The summed E-state index contributed by atoms with van der Waals surface area (Å²) in [6.45, 7) is 0.479. The molecule has 1 aromatic carbocycles. The van der Waals surface area contributed by atoms with Crippen molar-refractivity contribution in [2.24, 2.45) is 11.8 Å². The zero-order valence-electron chi connectivity index (χ0n) is 19.9. The number of esters is 1. The van der Waals surface area contributed by atoms with Crippen LogP contribution in [0.2, 0.25) is 0 Å². The lowest BCUT2D eigenvalue weighted by Crippen LogP contribution is -2.54. The number of rotatable bonds is 7. The topological polar surface area (TPSA) is 92.8 Å². The Labute approximate surface area is 219 Å². The summed E-state index contributed by atoms with van der Waals surface area (Å²) in [6.07, 6.45) is 4.85. The third-order valence-corrected chi connectivity index (χ3v) is 9.11. The molecule has 9 heteroatoms. The number of Topliss-reactive ketones (excluding diaryl/α,β-unsaturated/α-hetero) is 1. The predicted molar refractivity (Wildman–Crippen MR) is 136 cm³/mol. The monoisotopic (exact) mass is 528 g/mol. The molecular formula is C27H29ClN2O5S. The third-order valence-electron chi connectivity index (χ3n) is 7.58. The highest BCUT2D eigenvalue weighted by Gasteiger charge is 2.52. The van der Waals surface area contributed by atoms with Gasteiger partial charge in [-0.3, -0.25) is 14.4 Å². The van der Waals surface area contributed by atoms with Crippen molar-refractivity contribution in [2.45, 2.75) is 62.6 Å². The van der Waals surface area contributed by atoms with Gasteiger partial charge in [0, 0.05) is 18.9 Å². The molecule has 0 radical (unpaired) electrons. The van der Waals surface area contributed by atoms with Crippen molar-refractivity contribution < 1.29 is 23.9 Å². The maximum Gasteiger partial charge on any atom is 0.348 e. The molecule has 2 aromatic rings. The number of nitrogens with one attached hydrogen (secondary N) is 1. The molecule has 0 unspecified atom stereocenters. The quantitative estimate of drug-likeness (QED) is 0.429. The number of benzene rings is 1. The van der Waals surface area contributed by atoms with E-state index in [1.807, 2.05) is 30.3 Å². The molecule has 3 fully saturated rings. The average molecular weight is 529 g/mol. The predicted octanol–water partition coefficient (Wildman–Crippen LogP) is 4.19. The average Bonchev–Trinajstić information content (AvgIpc) is 3.68. The molecule has 0 bridgehead atoms. The fourth-order valence-electron chi connectivity index (χ4n) is 5.73. The number of carbonyl (C=O) groups excluding carboxylic acids is 4. The number of hydrogen-bond donors (Lipinski definition) is 1. The minimum atomic E-state index is -0.716. The Kier molecular flexibility index (Phi) is 7.44. The summed E-state index contributed by atoms with van der Waals surface area (Å²) in [4.78, 5) is 54.2. The summed E-state index contributed by atoms with van der Waals surface area (Å²) in [6, 6.07) is 11.3. The first kappa shape index (κ1) is 25.0. The standard InChI is InChI=1S/C27H29ClN2O5S/c28-19-14-30(24-18(19)10-11-20(24)31)26(33)23(17-8-4-5-9-17)29-25(32)21-12-13-22(36-21)27(34)35-15-16-6-2-1-3-7-16/h1-3,6-7,12-13,17-19,23-24H,4-5,8-11,14-15H2,(H,29,32)/t18-,19+,23+,24+/m1/s1. The SMILES string of the molecule is O=C(N[C@H](C(=O)N1C[C@H](Cl)[C@H]2CCC(=O)[C@H]21)C1CCCC1)c1ccc(C(=O)OCc2ccccc2)s1. The molecule has 2 amide bonds. The van der Waals surface area contributed by atoms with E-state index in [0.29, 0.717) is 29.1 Å². The van der Waals surface area contributed by atoms with Crippen LogP contribution in [-0.4, -0.2) is 52.5 Å². The van der Waals surface area contributed by atoms with E-state index in [9.17, 15) is 19.2 Å². The zero-order chi connectivity index (χ0) is 25.2. The van der Waals surface area contributed by atoms with Gasteiger partial charge >= 0.3 is 5.97 Å². The molecule has 1 aromatic heterocycles. The van der Waals surface area contributed by atoms with Crippen LogP contribution in [0.1, 0.15) is 63.4 Å². The van der Waals surface area contributed by atoms with Crippen LogP contribution in [0.3, 0.4) is 0 Å². The molecule has 5 rings (SSSR count). The van der Waals surface area contributed by atoms with E-state index in [-0.39, 0.29) is 35.5 Å². The number of alkyl halides is 1. The van der Waals surface area contributed by atoms with Crippen LogP contribution in [0.5, 0.6) is 0 Å². The highest BCUT2D eigenvalue weighted by molar-refractivity contribution is 7.15. The number of ketones is 1. The van der Waals surface area contributed by atoms with Crippen molar-refractivity contribution in [3.8, 4) is 0 Å². The summed E-state index contributed by atoms with van der Waals surface area (Å²) in [5.74, 6) is -1.05. The largest absolute Gasteiger partial charge is 0.457 e. The summed E-state index contributed by atoms with van der Waals surface area (Å²) >= 11 is 7.55. The second-order valence-corrected chi connectivity index (χ2v) is 11.5. The number of ether oxygens (including phenoxy) is 1. The fraction of sp³-hybridized carbons (Fsp3) is 0.481. The summed E-state index contributed by atoms with van der Waals surface area (Å²) in [7, 11) is 0. The van der Waals surface area contributed by atoms with E-state index in [1.165, 1.54) is 0 Å². The Morgan fingerprint density at radius 3 is 2.53 bits per heavy atom. The van der Waals surface area contributed by atoms with Gasteiger partial charge in [-0.05, 0) is 42.9 Å². The Morgan fingerprint density at radius 2 is 1.78 bits per heavy atom. The van der Waals surface area contributed by atoms with Gasteiger partial charge in [-0.15, -0.1) is 22.9 Å². The van der Waals surface area contributed by atoms with Gasteiger partial charge in [-0.25, -0.2) is 4.79 Å². The zero-order valence-corrected chi connectivity index (χ0v) is 21.4. The summed E-state index contributed by atoms with van der Waals surface area (Å²) in [5.41, 5.74) is 0.877. The van der Waals surface area contributed by atoms with Crippen LogP contribution < -0.4 is 5.32 Å². The van der Waals surface area contributed by atoms with E-state index < -0.39 is 24.0 Å². The van der Waals surface area contributed by atoms with E-state index in [1.54, 1.807) is 17.0 Å². The lowest BCUT2D eigenvalue weighted by Gasteiger charge is -2.31. The molecular weight excluding hydrogens is 500 g/mol. The van der Waals surface area contributed by atoms with Crippen LogP contribution in [0.25, 0.3) is 0 Å². The molecule has 1 aliphatic heterocycles. The number of nitrogens with zero attached hydrogens (tertiary/aromatic N) is 1. The number of thiophene rings is 1. The van der Waals surface area contributed by atoms with Crippen molar-refractivity contribution in [2.75, 3.05) is 6.54 Å². The van der Waals surface area contributed by atoms with Gasteiger partial charge in [0.15, 0.2) is 5.78 Å². The molecule has 36 heavy (non-hydrogen) atoms. The molecule has 4 atom stereocenters. The molecule has 1 saturated heterocycles. The smallest absolute Gasteiger partial charge is 0.348 e. The van der Waals surface area contributed by atoms with Crippen LogP contribution in [0.4, 0.5) is 0 Å². The van der Waals surface area contributed by atoms with Gasteiger partial charge < -0.3 is 15.0 Å². The normalized spacial score (nSPS) is 24.5. The number of halogens is 1. The van der Waals surface area contributed by atoms with E-state index in [0.717, 1.165) is 42.6 Å². The Bertz CT molecular complexity index is 1150. The van der Waals surface area contributed by atoms with E-state index in [4.69, 9.17) is 16.3 Å². The Balaban J connectivity index is 1.27. The van der Waals surface area contributed by atoms with Crippen molar-refractivity contribution in [1.29, 1.82) is 0 Å². The lowest BCUT2D eigenvalue weighted by molar-refractivity contribution is -0.139. The molecule has 3 aliphatic rings. The first-order valence-electron chi connectivity index (χ1n) is 12.5. The molecule has 7 nitrogen and oxygen atoms in total. The number of carbonyl (C=O) groups is 4. The molecule has 2 saturated carbocycles. The van der Waals surface area contributed by atoms with Crippen LogP contribution in [0.15, 0.2) is 42.5 Å². The van der Waals surface area contributed by atoms with Gasteiger partial charge in [0.1, 0.15) is 17.5 Å². The minimum Gasteiger partial charge on any atom is -0.457 e. The van der Waals surface area contributed by atoms with Gasteiger partial charge in [-0.2, -0.15) is 0 Å². The highest BCUT2D eigenvalue weighted by atomic mass is 35.5. The number of fused-ring (bicyclic) bond motifs is 1. The van der Waals surface area contributed by atoms with Crippen molar-refractivity contribution in [3.05, 3.63) is 57.8 Å². The first-order chi connectivity index (χ1) is 17.4. The van der Waals surface area contributed by atoms with Gasteiger partial charge in [0.2, 0.25) is 5.91 Å². The summed E-state index contributed by atoms with van der Waals surface area (Å²) < 4.78 is 5.37. The van der Waals surface area contributed by atoms with Gasteiger partial charge in [0.05, 0.1) is 16.3 Å². The van der Waals surface area contributed by atoms with E-state index in [2.05, 4.69) is 5.32 Å². The number of amides is 2. The highest BCUT2D eigenvalue weighted by Crippen LogP contribution is 2.40. The number of likely N-dealkylation sites (tertiary alicyclic amines) is 1. The van der Waals surface area contributed by atoms with Crippen LogP contribution in [-0.2, 0) is 20.9 Å². The maximum absolute atomic E-state index is 13.7. The van der Waals surface area contributed by atoms with Gasteiger partial charge in [-0.1, -0.05) is 43.2 Å².